The molecule has 2 aromatic rings. The zero-order valence-corrected chi connectivity index (χ0v) is 17.7. The smallest absolute Gasteiger partial charge is 0.253 e. The molecule has 3 rings (SSSR count). The Morgan fingerprint density at radius 2 is 1.82 bits per heavy atom. The minimum atomic E-state index is -3.48. The summed E-state index contributed by atoms with van der Waals surface area (Å²) in [5.41, 5.74) is 0.527. The SMILES string of the molecule is CN(C)S(=O)(=O)c1ccc(C(=O)N2CCC(CSc3ccccn3)CC2)cc1. The largest absolute Gasteiger partial charge is 0.339 e. The number of benzene rings is 1. The highest BCUT2D eigenvalue weighted by molar-refractivity contribution is 7.99. The molecule has 1 fully saturated rings. The molecule has 0 radical (unpaired) electrons. The molecular weight excluding hydrogens is 394 g/mol. The van der Waals surface area contributed by atoms with Crippen LogP contribution in [0.2, 0.25) is 0 Å². The summed E-state index contributed by atoms with van der Waals surface area (Å²) in [7, 11) is -0.498. The fourth-order valence-electron chi connectivity index (χ4n) is 3.10. The van der Waals surface area contributed by atoms with E-state index in [2.05, 4.69) is 4.98 Å². The Labute approximate surface area is 171 Å². The van der Waals surface area contributed by atoms with Crippen molar-refractivity contribution in [1.82, 2.24) is 14.2 Å². The monoisotopic (exact) mass is 419 g/mol. The predicted octanol–water partition coefficient (Wildman–Crippen LogP) is 2.98. The molecule has 1 aliphatic rings. The first-order chi connectivity index (χ1) is 13.4. The fourth-order valence-corrected chi connectivity index (χ4v) is 5.05. The lowest BCUT2D eigenvalue weighted by Gasteiger charge is -2.32. The highest BCUT2D eigenvalue weighted by Crippen LogP contribution is 2.26. The summed E-state index contributed by atoms with van der Waals surface area (Å²) in [6.45, 7) is 1.45. The topological polar surface area (TPSA) is 70.6 Å². The minimum absolute atomic E-state index is 0.0374. The van der Waals surface area contributed by atoms with Gasteiger partial charge in [-0.05, 0) is 55.2 Å². The number of rotatable bonds is 6. The number of hydrogen-bond donors (Lipinski definition) is 0. The van der Waals surface area contributed by atoms with Gasteiger partial charge >= 0.3 is 0 Å². The number of hydrogen-bond acceptors (Lipinski definition) is 5. The molecule has 0 bridgehead atoms. The first-order valence-corrected chi connectivity index (χ1v) is 11.7. The number of pyridine rings is 1. The summed E-state index contributed by atoms with van der Waals surface area (Å²) in [6, 6.07) is 12.1. The summed E-state index contributed by atoms with van der Waals surface area (Å²) < 4.78 is 25.4. The molecule has 0 unspecified atom stereocenters. The van der Waals surface area contributed by atoms with E-state index in [1.165, 1.54) is 26.2 Å². The maximum Gasteiger partial charge on any atom is 0.253 e. The summed E-state index contributed by atoms with van der Waals surface area (Å²) >= 11 is 1.76. The van der Waals surface area contributed by atoms with E-state index in [4.69, 9.17) is 0 Å². The van der Waals surface area contributed by atoms with Crippen molar-refractivity contribution < 1.29 is 13.2 Å². The Hall–Kier alpha value is -1.90. The molecule has 1 amide bonds. The molecule has 1 saturated heterocycles. The van der Waals surface area contributed by atoms with Gasteiger partial charge in [0.2, 0.25) is 10.0 Å². The zero-order chi connectivity index (χ0) is 20.1. The predicted molar refractivity (Wildman–Crippen MR) is 111 cm³/mol. The first kappa shape index (κ1) is 20.8. The van der Waals surface area contributed by atoms with Crippen molar-refractivity contribution in [2.45, 2.75) is 22.8 Å². The van der Waals surface area contributed by atoms with E-state index in [9.17, 15) is 13.2 Å². The van der Waals surface area contributed by atoms with Gasteiger partial charge in [0.05, 0.1) is 9.92 Å². The van der Waals surface area contributed by atoms with Crippen LogP contribution in [-0.2, 0) is 10.0 Å². The number of amides is 1. The zero-order valence-electron chi connectivity index (χ0n) is 16.1. The summed E-state index contributed by atoms with van der Waals surface area (Å²) in [4.78, 5) is 19.1. The van der Waals surface area contributed by atoms with Crippen molar-refractivity contribution >= 4 is 27.7 Å². The Morgan fingerprint density at radius 1 is 1.14 bits per heavy atom. The average Bonchev–Trinajstić information content (AvgIpc) is 2.73. The lowest BCUT2D eigenvalue weighted by atomic mass is 9.98. The molecule has 1 aliphatic heterocycles. The number of carbonyl (C=O) groups excluding carboxylic acids is 1. The molecule has 8 heteroatoms. The third-order valence-electron chi connectivity index (χ3n) is 4.89. The molecule has 150 valence electrons. The number of sulfonamides is 1. The summed E-state index contributed by atoms with van der Waals surface area (Å²) in [6.07, 6.45) is 3.75. The van der Waals surface area contributed by atoms with Crippen molar-refractivity contribution in [3.63, 3.8) is 0 Å². The molecule has 1 aromatic carbocycles. The molecule has 6 nitrogen and oxygen atoms in total. The molecule has 0 atom stereocenters. The molecule has 0 aliphatic carbocycles. The van der Waals surface area contributed by atoms with Gasteiger partial charge in [-0.1, -0.05) is 6.07 Å². The molecule has 0 saturated carbocycles. The van der Waals surface area contributed by atoms with Gasteiger partial charge in [0.25, 0.3) is 5.91 Å². The quantitative estimate of drug-likeness (QED) is 0.673. The van der Waals surface area contributed by atoms with E-state index in [0.29, 0.717) is 11.5 Å². The van der Waals surface area contributed by atoms with Crippen molar-refractivity contribution in [3.05, 3.63) is 54.2 Å². The van der Waals surface area contributed by atoms with Gasteiger partial charge in [0.1, 0.15) is 0 Å². The lowest BCUT2D eigenvalue weighted by molar-refractivity contribution is 0.0698. The van der Waals surface area contributed by atoms with E-state index < -0.39 is 10.0 Å². The van der Waals surface area contributed by atoms with Gasteiger partial charge < -0.3 is 4.90 Å². The number of aromatic nitrogens is 1. The van der Waals surface area contributed by atoms with Gasteiger partial charge in [-0.3, -0.25) is 4.79 Å². The van der Waals surface area contributed by atoms with Crippen LogP contribution in [0.1, 0.15) is 23.2 Å². The van der Waals surface area contributed by atoms with Gasteiger partial charge in [-0.2, -0.15) is 0 Å². The lowest BCUT2D eigenvalue weighted by Crippen LogP contribution is -2.39. The van der Waals surface area contributed by atoms with Crippen LogP contribution in [0.15, 0.2) is 58.6 Å². The first-order valence-electron chi connectivity index (χ1n) is 9.23. The molecule has 0 spiro atoms. The van der Waals surface area contributed by atoms with Gasteiger partial charge in [-0.25, -0.2) is 17.7 Å². The maximum absolute atomic E-state index is 12.7. The molecular formula is C20H25N3O3S2. The van der Waals surface area contributed by atoms with Gasteiger partial charge in [-0.15, -0.1) is 11.8 Å². The average molecular weight is 420 g/mol. The van der Waals surface area contributed by atoms with Crippen LogP contribution >= 0.6 is 11.8 Å². The van der Waals surface area contributed by atoms with Crippen molar-refractivity contribution in [2.75, 3.05) is 32.9 Å². The standard InChI is InChI=1S/C20H25N3O3S2/c1-22(2)28(25,26)18-8-6-17(7-9-18)20(24)23-13-10-16(11-14-23)15-27-19-5-3-4-12-21-19/h3-9,12,16H,10-11,13-15H2,1-2H3. The van der Waals surface area contributed by atoms with Crippen molar-refractivity contribution in [1.29, 1.82) is 0 Å². The van der Waals surface area contributed by atoms with E-state index in [0.717, 1.165) is 41.0 Å². The number of carbonyl (C=O) groups is 1. The van der Waals surface area contributed by atoms with E-state index in [-0.39, 0.29) is 10.8 Å². The number of likely N-dealkylation sites (tertiary alicyclic amines) is 1. The second kappa shape index (κ2) is 9.07. The van der Waals surface area contributed by atoms with Crippen LogP contribution < -0.4 is 0 Å². The van der Waals surface area contributed by atoms with Crippen molar-refractivity contribution in [3.8, 4) is 0 Å². The fraction of sp³-hybridized carbons (Fsp3) is 0.400. The second-order valence-corrected chi connectivity index (χ2v) is 10.2. The maximum atomic E-state index is 12.7. The molecule has 0 N–H and O–H groups in total. The van der Waals surface area contributed by atoms with Crippen molar-refractivity contribution in [2.24, 2.45) is 5.92 Å². The Bertz CT molecular complexity index is 892. The highest BCUT2D eigenvalue weighted by Gasteiger charge is 2.24. The van der Waals surface area contributed by atoms with Crippen LogP contribution in [0.4, 0.5) is 0 Å². The van der Waals surface area contributed by atoms with E-state index in [1.807, 2.05) is 23.1 Å². The van der Waals surface area contributed by atoms with E-state index >= 15 is 0 Å². The number of nitrogens with zero attached hydrogens (tertiary/aromatic N) is 3. The van der Waals surface area contributed by atoms with Crippen LogP contribution in [0, 0.1) is 5.92 Å². The second-order valence-electron chi connectivity index (χ2n) is 7.03. The minimum Gasteiger partial charge on any atom is -0.339 e. The summed E-state index contributed by atoms with van der Waals surface area (Å²) in [5.74, 6) is 1.55. The van der Waals surface area contributed by atoms with E-state index in [1.54, 1.807) is 30.1 Å². The Morgan fingerprint density at radius 3 is 2.39 bits per heavy atom. The number of thioether (sulfide) groups is 1. The highest BCUT2D eigenvalue weighted by atomic mass is 32.2. The molecule has 28 heavy (non-hydrogen) atoms. The Balaban J connectivity index is 1.53. The van der Waals surface area contributed by atoms with Crippen LogP contribution in [0.25, 0.3) is 0 Å². The molecule has 2 heterocycles. The normalized spacial score (nSPS) is 15.8. The van der Waals surface area contributed by atoms with Crippen LogP contribution in [0.5, 0.6) is 0 Å². The Kier molecular flexibility index (Phi) is 6.74. The summed E-state index contributed by atoms with van der Waals surface area (Å²) in [5, 5.41) is 1.04. The third-order valence-corrected chi connectivity index (χ3v) is 7.89. The molecule has 1 aromatic heterocycles. The number of piperidine rings is 1. The van der Waals surface area contributed by atoms with Crippen LogP contribution in [-0.4, -0.2) is 61.5 Å². The van der Waals surface area contributed by atoms with Crippen LogP contribution in [0.3, 0.4) is 0 Å². The van der Waals surface area contributed by atoms with Gasteiger partial charge in [0.15, 0.2) is 0 Å². The van der Waals surface area contributed by atoms with Gasteiger partial charge in [0, 0.05) is 44.7 Å². The third kappa shape index (κ3) is 4.92.